The van der Waals surface area contributed by atoms with Gasteiger partial charge in [-0.25, -0.2) is 9.37 Å². The van der Waals surface area contributed by atoms with Crippen molar-refractivity contribution in [3.05, 3.63) is 53.1 Å². The average Bonchev–Trinajstić information content (AvgIpc) is 3.42. The van der Waals surface area contributed by atoms with Gasteiger partial charge in [0, 0.05) is 18.4 Å². The number of imidazole rings is 1. The highest BCUT2D eigenvalue weighted by atomic mass is 19.1. The van der Waals surface area contributed by atoms with E-state index in [-0.39, 0.29) is 11.7 Å². The van der Waals surface area contributed by atoms with Gasteiger partial charge < -0.3 is 14.8 Å². The van der Waals surface area contributed by atoms with Crippen LogP contribution in [-0.4, -0.2) is 44.4 Å². The van der Waals surface area contributed by atoms with Crippen molar-refractivity contribution in [1.82, 2.24) is 25.5 Å². The van der Waals surface area contributed by atoms with Gasteiger partial charge in [0.1, 0.15) is 11.7 Å². The van der Waals surface area contributed by atoms with Gasteiger partial charge >= 0.3 is 5.97 Å². The predicted octanol–water partition coefficient (Wildman–Crippen LogP) is 3.21. The van der Waals surface area contributed by atoms with E-state index < -0.39 is 11.9 Å². The topological polar surface area (TPSA) is 116 Å². The Kier molecular flexibility index (Phi) is 4.90. The van der Waals surface area contributed by atoms with E-state index in [9.17, 15) is 14.3 Å². The Morgan fingerprint density at radius 3 is 2.94 bits per heavy atom. The molecule has 2 aromatic heterocycles. The highest BCUT2D eigenvalue weighted by Gasteiger charge is 2.28. The summed E-state index contributed by atoms with van der Waals surface area (Å²) >= 11 is 0. The molecule has 0 saturated heterocycles. The fraction of sp³-hybridized carbons (Fsp3) is 0.261. The molecule has 0 spiro atoms. The first kappa shape index (κ1) is 20.2. The maximum absolute atomic E-state index is 14.0. The van der Waals surface area contributed by atoms with E-state index in [4.69, 9.17) is 4.74 Å². The Morgan fingerprint density at radius 1 is 1.31 bits per heavy atom. The number of ether oxygens (including phenoxy) is 1. The first-order valence-corrected chi connectivity index (χ1v) is 10.4. The van der Waals surface area contributed by atoms with E-state index in [1.165, 1.54) is 19.2 Å². The molecule has 0 aliphatic carbocycles. The zero-order valence-electron chi connectivity index (χ0n) is 17.6. The molecule has 1 aliphatic rings. The number of phenols is 1. The Bertz CT molecular complexity index is 1340. The number of aromatic hydroxyl groups is 1. The zero-order valence-corrected chi connectivity index (χ0v) is 17.6. The van der Waals surface area contributed by atoms with Crippen LogP contribution in [0.3, 0.4) is 0 Å². The molecule has 1 atom stereocenters. The van der Waals surface area contributed by atoms with Gasteiger partial charge in [-0.1, -0.05) is 13.0 Å². The number of nitrogens with one attached hydrogen (secondary N) is 3. The third-order valence-electron chi connectivity index (χ3n) is 5.92. The molecule has 8 nitrogen and oxygen atoms in total. The molecule has 1 aliphatic heterocycles. The molecule has 5 rings (SSSR count). The number of esters is 1. The van der Waals surface area contributed by atoms with Crippen molar-refractivity contribution in [3.63, 3.8) is 0 Å². The number of carbonyl (C=O) groups excluding carboxylic acids is 1. The predicted molar refractivity (Wildman–Crippen MR) is 116 cm³/mol. The van der Waals surface area contributed by atoms with Crippen LogP contribution in [0.4, 0.5) is 4.39 Å². The molecule has 2 aromatic carbocycles. The molecule has 4 aromatic rings. The maximum atomic E-state index is 14.0. The monoisotopic (exact) mass is 435 g/mol. The number of methoxy groups -OCH3 is 1. The minimum Gasteiger partial charge on any atom is -0.505 e. The molecule has 3 heterocycles. The second-order valence-electron chi connectivity index (χ2n) is 7.82. The van der Waals surface area contributed by atoms with Crippen molar-refractivity contribution in [2.45, 2.75) is 32.4 Å². The minimum absolute atomic E-state index is 0.310. The third kappa shape index (κ3) is 3.31. The Morgan fingerprint density at radius 2 is 2.16 bits per heavy atom. The number of phenolic OH excluding ortho intramolecular Hbond substituents is 1. The van der Waals surface area contributed by atoms with Crippen molar-refractivity contribution in [2.24, 2.45) is 0 Å². The molecule has 1 unspecified atom stereocenters. The number of H-pyrrole nitrogens is 2. The number of aromatic amines is 2. The van der Waals surface area contributed by atoms with Crippen LogP contribution in [0.2, 0.25) is 0 Å². The van der Waals surface area contributed by atoms with E-state index in [2.05, 4.69) is 25.5 Å². The lowest BCUT2D eigenvalue weighted by molar-refractivity contribution is -0.143. The van der Waals surface area contributed by atoms with E-state index in [1.54, 1.807) is 0 Å². The summed E-state index contributed by atoms with van der Waals surface area (Å²) in [5.41, 5.74) is 5.60. The summed E-state index contributed by atoms with van der Waals surface area (Å²) in [4.78, 5) is 19.8. The van der Waals surface area contributed by atoms with E-state index in [1.807, 2.05) is 25.1 Å². The van der Waals surface area contributed by atoms with Gasteiger partial charge in [-0.05, 0) is 47.4 Å². The second kappa shape index (κ2) is 7.76. The average molecular weight is 435 g/mol. The van der Waals surface area contributed by atoms with Crippen LogP contribution in [-0.2, 0) is 28.9 Å². The number of rotatable bonds is 4. The second-order valence-corrected chi connectivity index (χ2v) is 7.82. The number of nitrogens with zero attached hydrogens (tertiary/aromatic N) is 2. The normalized spacial score (nSPS) is 15.7. The first-order chi connectivity index (χ1) is 15.5. The van der Waals surface area contributed by atoms with Crippen molar-refractivity contribution in [2.75, 3.05) is 7.11 Å². The number of halogens is 1. The molecule has 0 saturated carbocycles. The SMILES string of the molecule is CCc1cc(O)c(F)cc1-c1ccc2c(-c3nc4c([nH]3)CNC(C(=O)OC)C4)n[nH]c2c1. The van der Waals surface area contributed by atoms with E-state index in [0.717, 1.165) is 39.0 Å². The van der Waals surface area contributed by atoms with Crippen LogP contribution in [0.1, 0.15) is 23.9 Å². The summed E-state index contributed by atoms with van der Waals surface area (Å²) in [5.74, 6) is -0.690. The Balaban J connectivity index is 1.51. The minimum atomic E-state index is -0.650. The largest absolute Gasteiger partial charge is 0.505 e. The summed E-state index contributed by atoms with van der Waals surface area (Å²) in [5, 5.41) is 21.2. The van der Waals surface area contributed by atoms with Gasteiger partial charge in [0.05, 0.1) is 24.0 Å². The molecule has 32 heavy (non-hydrogen) atoms. The molecule has 0 bridgehead atoms. The van der Waals surface area contributed by atoms with Crippen molar-refractivity contribution >= 4 is 16.9 Å². The van der Waals surface area contributed by atoms with Crippen LogP contribution in [0, 0.1) is 5.82 Å². The molecule has 4 N–H and O–H groups in total. The molecular formula is C23H22FN5O3. The number of benzene rings is 2. The summed E-state index contributed by atoms with van der Waals surface area (Å²) in [6.07, 6.45) is 1.10. The smallest absolute Gasteiger partial charge is 0.323 e. The summed E-state index contributed by atoms with van der Waals surface area (Å²) < 4.78 is 18.8. The molecule has 0 fully saturated rings. The van der Waals surface area contributed by atoms with Gasteiger partial charge in [-0.2, -0.15) is 5.10 Å². The molecular weight excluding hydrogens is 413 g/mol. The lowest BCUT2D eigenvalue weighted by Gasteiger charge is -2.20. The number of hydrogen-bond donors (Lipinski definition) is 4. The third-order valence-corrected chi connectivity index (χ3v) is 5.92. The van der Waals surface area contributed by atoms with E-state index >= 15 is 0 Å². The molecule has 9 heteroatoms. The van der Waals surface area contributed by atoms with E-state index in [0.29, 0.717) is 30.9 Å². The first-order valence-electron chi connectivity index (χ1n) is 10.4. The fourth-order valence-electron chi connectivity index (χ4n) is 4.21. The van der Waals surface area contributed by atoms with Crippen molar-refractivity contribution in [1.29, 1.82) is 0 Å². The number of carbonyl (C=O) groups is 1. The summed E-state index contributed by atoms with van der Waals surface area (Å²) in [6, 6.07) is 8.15. The summed E-state index contributed by atoms with van der Waals surface area (Å²) in [7, 11) is 1.37. The van der Waals surface area contributed by atoms with Gasteiger partial charge in [0.2, 0.25) is 0 Å². The quantitative estimate of drug-likeness (QED) is 0.366. The highest BCUT2D eigenvalue weighted by molar-refractivity contribution is 5.94. The lowest BCUT2D eigenvalue weighted by atomic mass is 9.96. The Labute approximate surface area is 182 Å². The van der Waals surface area contributed by atoms with Gasteiger partial charge in [-0.3, -0.25) is 15.2 Å². The molecule has 0 amide bonds. The number of hydrogen-bond acceptors (Lipinski definition) is 6. The zero-order chi connectivity index (χ0) is 22.4. The number of aromatic nitrogens is 4. The summed E-state index contributed by atoms with van der Waals surface area (Å²) in [6.45, 7) is 2.45. The molecule has 0 radical (unpaired) electrons. The van der Waals surface area contributed by atoms with Crippen molar-refractivity contribution in [3.8, 4) is 28.4 Å². The van der Waals surface area contributed by atoms with Gasteiger partial charge in [0.25, 0.3) is 0 Å². The van der Waals surface area contributed by atoms with Gasteiger partial charge in [-0.15, -0.1) is 0 Å². The fourth-order valence-corrected chi connectivity index (χ4v) is 4.21. The number of aryl methyl sites for hydroxylation is 1. The van der Waals surface area contributed by atoms with Crippen LogP contribution in [0.25, 0.3) is 33.5 Å². The maximum Gasteiger partial charge on any atom is 0.323 e. The highest BCUT2D eigenvalue weighted by Crippen LogP contribution is 2.33. The standard InChI is InChI=1S/C23H22FN5O3/c1-3-11-7-20(30)15(24)8-14(11)12-4-5-13-16(6-12)28-29-21(13)22-26-17-9-18(23(31)32-2)25-10-19(17)27-22/h4-8,18,25,30H,3,9-10H2,1-2H3,(H,26,27)(H,28,29). The van der Waals surface area contributed by atoms with Crippen LogP contribution >= 0.6 is 0 Å². The Hall–Kier alpha value is -3.72. The van der Waals surface area contributed by atoms with Crippen LogP contribution < -0.4 is 5.32 Å². The van der Waals surface area contributed by atoms with Crippen LogP contribution in [0.5, 0.6) is 5.75 Å². The van der Waals surface area contributed by atoms with Gasteiger partial charge in [0.15, 0.2) is 17.4 Å². The number of fused-ring (bicyclic) bond motifs is 2. The molecule has 164 valence electrons. The van der Waals surface area contributed by atoms with Crippen LogP contribution in [0.15, 0.2) is 30.3 Å². The van der Waals surface area contributed by atoms with Crippen molar-refractivity contribution < 1.29 is 19.0 Å². The lowest BCUT2D eigenvalue weighted by Crippen LogP contribution is -2.42.